The van der Waals surface area contributed by atoms with E-state index in [0.29, 0.717) is 12.5 Å². The molecule has 1 aromatic heterocycles. The van der Waals surface area contributed by atoms with E-state index >= 15 is 0 Å². The predicted octanol–water partition coefficient (Wildman–Crippen LogP) is 1.67. The molecule has 0 aromatic carbocycles. The van der Waals surface area contributed by atoms with E-state index in [4.69, 9.17) is 0 Å². The molecule has 1 saturated heterocycles. The van der Waals surface area contributed by atoms with Crippen molar-refractivity contribution in [2.45, 2.75) is 32.9 Å². The molecule has 2 rings (SSSR count). The summed E-state index contributed by atoms with van der Waals surface area (Å²) in [5, 5.41) is 6.23. The topological polar surface area (TPSA) is 41.1 Å². The SMILES string of the molecule is Cc1ccc(CNC(=O)C2NCCC2C)s1. The van der Waals surface area contributed by atoms with Crippen molar-refractivity contribution >= 4 is 17.2 Å². The molecule has 1 amide bonds. The van der Waals surface area contributed by atoms with Crippen LogP contribution in [0.5, 0.6) is 0 Å². The maximum atomic E-state index is 11.9. The van der Waals surface area contributed by atoms with Crippen molar-refractivity contribution in [2.24, 2.45) is 5.92 Å². The van der Waals surface area contributed by atoms with Crippen LogP contribution in [-0.2, 0) is 11.3 Å². The van der Waals surface area contributed by atoms with E-state index in [1.807, 2.05) is 0 Å². The highest BCUT2D eigenvalue weighted by molar-refractivity contribution is 7.11. The van der Waals surface area contributed by atoms with Crippen LogP contribution in [0, 0.1) is 12.8 Å². The van der Waals surface area contributed by atoms with Gasteiger partial charge in [-0.15, -0.1) is 11.3 Å². The average Bonchev–Trinajstić information content (AvgIpc) is 2.84. The van der Waals surface area contributed by atoms with Crippen LogP contribution in [-0.4, -0.2) is 18.5 Å². The number of carbonyl (C=O) groups excluding carboxylic acids is 1. The largest absolute Gasteiger partial charge is 0.350 e. The zero-order valence-corrected chi connectivity index (χ0v) is 10.6. The summed E-state index contributed by atoms with van der Waals surface area (Å²) in [5.74, 6) is 0.584. The molecule has 2 heterocycles. The number of hydrogen-bond donors (Lipinski definition) is 2. The summed E-state index contributed by atoms with van der Waals surface area (Å²) in [5.41, 5.74) is 0. The van der Waals surface area contributed by atoms with Crippen LogP contribution in [0.4, 0.5) is 0 Å². The van der Waals surface area contributed by atoms with Crippen LogP contribution in [0.3, 0.4) is 0 Å². The standard InChI is InChI=1S/C12H18N2OS/c1-8-5-6-13-11(8)12(15)14-7-10-4-3-9(2)16-10/h3-4,8,11,13H,5-7H2,1-2H3,(H,14,15). The van der Waals surface area contributed by atoms with E-state index in [-0.39, 0.29) is 11.9 Å². The summed E-state index contributed by atoms with van der Waals surface area (Å²) < 4.78 is 0. The molecular weight excluding hydrogens is 220 g/mol. The van der Waals surface area contributed by atoms with Gasteiger partial charge in [-0.3, -0.25) is 4.79 Å². The molecule has 1 fully saturated rings. The zero-order chi connectivity index (χ0) is 11.5. The van der Waals surface area contributed by atoms with Gasteiger partial charge in [0.2, 0.25) is 5.91 Å². The third kappa shape index (κ3) is 2.62. The Hall–Kier alpha value is -0.870. The summed E-state index contributed by atoms with van der Waals surface area (Å²) >= 11 is 1.74. The van der Waals surface area contributed by atoms with Gasteiger partial charge in [0.25, 0.3) is 0 Å². The molecule has 2 N–H and O–H groups in total. The van der Waals surface area contributed by atoms with E-state index in [2.05, 4.69) is 36.6 Å². The monoisotopic (exact) mass is 238 g/mol. The highest BCUT2D eigenvalue weighted by atomic mass is 32.1. The van der Waals surface area contributed by atoms with E-state index in [1.165, 1.54) is 9.75 Å². The summed E-state index contributed by atoms with van der Waals surface area (Å²) in [4.78, 5) is 14.4. The Labute approximate surface area is 100 Å². The fourth-order valence-electron chi connectivity index (χ4n) is 2.05. The van der Waals surface area contributed by atoms with Gasteiger partial charge < -0.3 is 10.6 Å². The molecule has 2 atom stereocenters. The van der Waals surface area contributed by atoms with Crippen LogP contribution in [0.15, 0.2) is 12.1 Å². The summed E-state index contributed by atoms with van der Waals surface area (Å²) in [6, 6.07) is 4.16. The Bertz CT molecular complexity index is 375. The average molecular weight is 238 g/mol. The normalized spacial score (nSPS) is 24.6. The minimum absolute atomic E-state index is 0.000981. The first-order valence-corrected chi connectivity index (χ1v) is 6.55. The number of hydrogen-bond acceptors (Lipinski definition) is 3. The Morgan fingerprint density at radius 1 is 1.62 bits per heavy atom. The highest BCUT2D eigenvalue weighted by Gasteiger charge is 2.28. The molecule has 0 bridgehead atoms. The summed E-state index contributed by atoms with van der Waals surface area (Å²) in [7, 11) is 0. The second-order valence-corrected chi connectivity index (χ2v) is 5.80. The second kappa shape index (κ2) is 4.97. The Morgan fingerprint density at radius 2 is 2.44 bits per heavy atom. The van der Waals surface area contributed by atoms with Crippen molar-refractivity contribution in [1.82, 2.24) is 10.6 Å². The van der Waals surface area contributed by atoms with Crippen molar-refractivity contribution in [2.75, 3.05) is 6.54 Å². The minimum Gasteiger partial charge on any atom is -0.350 e. The van der Waals surface area contributed by atoms with Crippen molar-refractivity contribution in [3.8, 4) is 0 Å². The van der Waals surface area contributed by atoms with E-state index in [1.54, 1.807) is 11.3 Å². The van der Waals surface area contributed by atoms with Crippen molar-refractivity contribution in [3.63, 3.8) is 0 Å². The van der Waals surface area contributed by atoms with Crippen LogP contribution in [0.2, 0.25) is 0 Å². The van der Waals surface area contributed by atoms with E-state index < -0.39 is 0 Å². The molecule has 3 nitrogen and oxygen atoms in total. The lowest BCUT2D eigenvalue weighted by molar-refractivity contribution is -0.123. The first kappa shape index (κ1) is 11.6. The number of rotatable bonds is 3. The quantitative estimate of drug-likeness (QED) is 0.841. The number of carbonyl (C=O) groups is 1. The number of aryl methyl sites for hydroxylation is 1. The van der Waals surface area contributed by atoms with Crippen LogP contribution >= 0.6 is 11.3 Å². The lowest BCUT2D eigenvalue weighted by Gasteiger charge is -2.14. The van der Waals surface area contributed by atoms with Crippen LogP contribution in [0.1, 0.15) is 23.1 Å². The molecule has 0 saturated carbocycles. The van der Waals surface area contributed by atoms with Gasteiger partial charge in [-0.25, -0.2) is 0 Å². The number of thiophene rings is 1. The van der Waals surface area contributed by atoms with Gasteiger partial charge in [0, 0.05) is 9.75 Å². The highest BCUT2D eigenvalue weighted by Crippen LogP contribution is 2.16. The van der Waals surface area contributed by atoms with Crippen molar-refractivity contribution < 1.29 is 4.79 Å². The summed E-state index contributed by atoms with van der Waals surface area (Å²) in [6.45, 7) is 5.82. The molecule has 2 unspecified atom stereocenters. The van der Waals surface area contributed by atoms with E-state index in [9.17, 15) is 4.79 Å². The van der Waals surface area contributed by atoms with Gasteiger partial charge in [0.05, 0.1) is 12.6 Å². The molecule has 0 aliphatic carbocycles. The zero-order valence-electron chi connectivity index (χ0n) is 9.75. The number of nitrogens with one attached hydrogen (secondary N) is 2. The third-order valence-corrected chi connectivity index (χ3v) is 4.05. The van der Waals surface area contributed by atoms with Gasteiger partial charge in [-0.05, 0) is 37.9 Å². The van der Waals surface area contributed by atoms with Gasteiger partial charge in [-0.1, -0.05) is 6.92 Å². The van der Waals surface area contributed by atoms with Crippen molar-refractivity contribution in [1.29, 1.82) is 0 Å². The molecule has 1 aromatic rings. The Balaban J connectivity index is 1.83. The fraction of sp³-hybridized carbons (Fsp3) is 0.583. The molecule has 4 heteroatoms. The first-order valence-electron chi connectivity index (χ1n) is 5.73. The van der Waals surface area contributed by atoms with Crippen LogP contribution < -0.4 is 10.6 Å². The smallest absolute Gasteiger partial charge is 0.237 e. The number of amides is 1. The predicted molar refractivity (Wildman–Crippen MR) is 66.5 cm³/mol. The molecule has 0 radical (unpaired) electrons. The van der Waals surface area contributed by atoms with Crippen LogP contribution in [0.25, 0.3) is 0 Å². The Kier molecular flexibility index (Phi) is 3.61. The van der Waals surface area contributed by atoms with Gasteiger partial charge in [0.15, 0.2) is 0 Å². The maximum Gasteiger partial charge on any atom is 0.237 e. The molecule has 0 spiro atoms. The van der Waals surface area contributed by atoms with Gasteiger partial charge in [0.1, 0.15) is 0 Å². The Morgan fingerprint density at radius 3 is 3.00 bits per heavy atom. The lowest BCUT2D eigenvalue weighted by atomic mass is 10.0. The summed E-state index contributed by atoms with van der Waals surface area (Å²) in [6.07, 6.45) is 1.09. The third-order valence-electron chi connectivity index (χ3n) is 3.05. The van der Waals surface area contributed by atoms with Crippen molar-refractivity contribution in [3.05, 3.63) is 21.9 Å². The van der Waals surface area contributed by atoms with Gasteiger partial charge >= 0.3 is 0 Å². The molecule has 16 heavy (non-hydrogen) atoms. The fourth-order valence-corrected chi connectivity index (χ4v) is 2.88. The van der Waals surface area contributed by atoms with Gasteiger partial charge in [-0.2, -0.15) is 0 Å². The lowest BCUT2D eigenvalue weighted by Crippen LogP contribution is -2.42. The van der Waals surface area contributed by atoms with E-state index in [0.717, 1.165) is 13.0 Å². The molecular formula is C12H18N2OS. The molecule has 1 aliphatic rings. The minimum atomic E-state index is 0.000981. The molecule has 1 aliphatic heterocycles. The first-order chi connectivity index (χ1) is 7.66. The maximum absolute atomic E-state index is 11.9. The second-order valence-electron chi connectivity index (χ2n) is 4.43. The molecule has 88 valence electrons.